The first-order valence-electron chi connectivity index (χ1n) is 15.0. The fourth-order valence-corrected chi connectivity index (χ4v) is 6.98. The van der Waals surface area contributed by atoms with Crippen LogP contribution in [0.3, 0.4) is 0 Å². The molecule has 8 nitrogen and oxygen atoms in total. The van der Waals surface area contributed by atoms with Crippen molar-refractivity contribution in [3.8, 4) is 11.1 Å². The van der Waals surface area contributed by atoms with Crippen molar-refractivity contribution in [1.82, 2.24) is 0 Å². The maximum Gasteiger partial charge on any atom is 4.00 e. The number of rotatable bonds is 7. The minimum atomic E-state index is -4.10. The van der Waals surface area contributed by atoms with Crippen LogP contribution in [0.2, 0.25) is 0 Å². The first-order chi connectivity index (χ1) is 22.9. The second kappa shape index (κ2) is 17.7. The van der Waals surface area contributed by atoms with E-state index in [1.165, 1.54) is 24.3 Å². The van der Waals surface area contributed by atoms with Crippen LogP contribution < -0.4 is 0 Å². The molecule has 6 aromatic carbocycles. The summed E-state index contributed by atoms with van der Waals surface area (Å²) in [5.41, 5.74) is 3.20. The minimum absolute atomic E-state index is 0. The summed E-state index contributed by atoms with van der Waals surface area (Å²) >= 11 is 0. The largest absolute Gasteiger partial charge is 4.00 e. The number of benzene rings is 6. The third-order valence-corrected chi connectivity index (χ3v) is 9.75. The summed E-state index contributed by atoms with van der Waals surface area (Å²) in [4.78, 5) is 0.133. The van der Waals surface area contributed by atoms with Crippen LogP contribution in [0.5, 0.6) is 0 Å². The molecule has 6 rings (SSSR count). The first-order valence-corrected chi connectivity index (χ1v) is 17.9. The van der Waals surface area contributed by atoms with Crippen molar-refractivity contribution in [2.24, 2.45) is 0 Å². The minimum Gasteiger partial charge on any atom is -0.668 e. The Balaban J connectivity index is 0.000000867. The second-order valence-electron chi connectivity index (χ2n) is 11.0. The Labute approximate surface area is 309 Å². The van der Waals surface area contributed by atoms with Gasteiger partial charge in [-0.3, -0.25) is 0 Å². The molecule has 6 aromatic rings. The summed E-state index contributed by atoms with van der Waals surface area (Å²) < 4.78 is 62.8. The monoisotopic (exact) mass is 768 g/mol. The van der Waals surface area contributed by atoms with E-state index in [0.29, 0.717) is 11.1 Å². The third-order valence-electron chi connectivity index (χ3n) is 7.14. The van der Waals surface area contributed by atoms with Crippen molar-refractivity contribution in [3.63, 3.8) is 0 Å². The van der Waals surface area contributed by atoms with Crippen LogP contribution in [-0.2, 0) is 46.2 Å². The average molecular weight is 770 g/mol. The predicted molar refractivity (Wildman–Crippen MR) is 200 cm³/mol. The van der Waals surface area contributed by atoms with Crippen molar-refractivity contribution in [2.45, 2.75) is 23.6 Å². The van der Waals surface area contributed by atoms with Gasteiger partial charge in [0, 0.05) is 0 Å². The topological polar surface area (TPSA) is 125 Å². The molecule has 0 amide bonds. The molecule has 11 heteroatoms. The maximum absolute atomic E-state index is 13.5. The molecule has 0 N–H and O–H groups in total. The average Bonchev–Trinajstić information content (AvgIpc) is 3.06. The number of hydrogen-bond donors (Lipinski definition) is 0. The summed E-state index contributed by atoms with van der Waals surface area (Å²) in [6.07, 6.45) is 0. The SMILES string of the molecule is C[N-]C.C[N-]C.Cc1ccc(S(=O)(=O)[N-]c2ccc3ccccc3c2-c2c([N-]S(=O)(=O)c3ccc(C)cc3)ccc3ccccc23)cc1.[Zr+4]. The number of fused-ring (bicyclic) bond motifs is 2. The number of aryl methyl sites for hydroxylation is 2. The number of nitrogens with zero attached hydrogens (tertiary/aromatic N) is 4. The van der Waals surface area contributed by atoms with E-state index in [-0.39, 0.29) is 47.4 Å². The fraction of sp³-hybridized carbons (Fsp3) is 0.158. The zero-order valence-corrected chi connectivity index (χ0v) is 32.4. The van der Waals surface area contributed by atoms with Gasteiger partial charge in [-0.1, -0.05) is 108 Å². The normalized spacial score (nSPS) is 11.0. The predicted octanol–water partition coefficient (Wildman–Crippen LogP) is 10.3. The molecule has 49 heavy (non-hydrogen) atoms. The summed E-state index contributed by atoms with van der Waals surface area (Å²) in [5, 5.41) is 10.1. The molecule has 0 saturated heterocycles. The Morgan fingerprint density at radius 3 is 1.06 bits per heavy atom. The first kappa shape index (κ1) is 39.6. The fourth-order valence-electron chi connectivity index (χ4n) is 4.98. The van der Waals surface area contributed by atoms with Gasteiger partial charge < -0.3 is 20.1 Å². The van der Waals surface area contributed by atoms with Crippen molar-refractivity contribution < 1.29 is 43.0 Å². The van der Waals surface area contributed by atoms with E-state index < -0.39 is 20.0 Å². The van der Waals surface area contributed by atoms with Crippen LogP contribution in [0.25, 0.3) is 52.7 Å². The van der Waals surface area contributed by atoms with Crippen molar-refractivity contribution in [1.29, 1.82) is 0 Å². The molecule has 250 valence electrons. The molecule has 0 heterocycles. The van der Waals surface area contributed by atoms with Crippen LogP contribution in [0.1, 0.15) is 11.1 Å². The molecule has 0 spiro atoms. The Morgan fingerprint density at radius 2 is 0.735 bits per heavy atom. The molecule has 0 aliphatic carbocycles. The van der Waals surface area contributed by atoms with Gasteiger partial charge in [-0.2, -0.15) is 28.2 Å². The molecule has 0 radical (unpaired) electrons. The van der Waals surface area contributed by atoms with E-state index in [4.69, 9.17) is 0 Å². The van der Waals surface area contributed by atoms with Gasteiger partial charge in [-0.15, -0.1) is 11.4 Å². The number of hydrogen-bond acceptors (Lipinski definition) is 4. The molecule has 0 fully saturated rings. The molecule has 0 unspecified atom stereocenters. The van der Waals surface area contributed by atoms with E-state index in [0.717, 1.165) is 32.7 Å². The van der Waals surface area contributed by atoms with Crippen LogP contribution in [-0.4, -0.2) is 45.0 Å². The Kier molecular flexibility index (Phi) is 14.3. The molecule has 0 saturated carbocycles. The van der Waals surface area contributed by atoms with E-state index in [1.54, 1.807) is 64.6 Å². The Hall–Kier alpha value is -3.86. The van der Waals surface area contributed by atoms with Crippen LogP contribution in [0.15, 0.2) is 131 Å². The van der Waals surface area contributed by atoms with Gasteiger partial charge in [0.15, 0.2) is 0 Å². The van der Waals surface area contributed by atoms with Gasteiger partial charge in [0.1, 0.15) is 20.0 Å². The molecular weight excluding hydrogens is 732 g/mol. The zero-order valence-electron chi connectivity index (χ0n) is 28.3. The quantitative estimate of drug-likeness (QED) is 0.160. The van der Waals surface area contributed by atoms with E-state index in [2.05, 4.69) is 20.1 Å². The van der Waals surface area contributed by atoms with Gasteiger partial charge in [0.2, 0.25) is 0 Å². The van der Waals surface area contributed by atoms with Crippen LogP contribution in [0.4, 0.5) is 11.4 Å². The summed E-state index contributed by atoms with van der Waals surface area (Å²) in [6, 6.07) is 35.0. The van der Waals surface area contributed by atoms with Gasteiger partial charge in [0.05, 0.1) is 9.79 Å². The van der Waals surface area contributed by atoms with Gasteiger partial charge >= 0.3 is 26.2 Å². The molecule has 0 aliphatic rings. The molecule has 0 bridgehead atoms. The second-order valence-corrected chi connectivity index (χ2v) is 14.2. The van der Waals surface area contributed by atoms with Crippen LogP contribution >= 0.6 is 0 Å². The molecule has 0 atom stereocenters. The van der Waals surface area contributed by atoms with Crippen molar-refractivity contribution in [3.05, 3.63) is 153 Å². The molecule has 0 aliphatic heterocycles. The third kappa shape index (κ3) is 9.65. The van der Waals surface area contributed by atoms with E-state index >= 15 is 0 Å². The van der Waals surface area contributed by atoms with Crippen LogP contribution in [0, 0.1) is 13.8 Å². The van der Waals surface area contributed by atoms with Gasteiger partial charge in [-0.05, 0) is 70.8 Å². The summed E-state index contributed by atoms with van der Waals surface area (Å²) in [7, 11) is -1.20. The Morgan fingerprint density at radius 1 is 0.429 bits per heavy atom. The van der Waals surface area contributed by atoms with Crippen molar-refractivity contribution in [2.75, 3.05) is 28.2 Å². The summed E-state index contributed by atoms with van der Waals surface area (Å²) in [6.45, 7) is 3.76. The van der Waals surface area contributed by atoms with Gasteiger partial charge in [-0.25, -0.2) is 16.8 Å². The standard InChI is InChI=1S/C34H26N2O4S2.2C2H6N.Zr/c1-23-11-17-27(18-12-23)41(37,38)35-31-21-15-25-7-3-5-9-29(25)33(31)34-30-10-6-4-8-26(30)16-22-32(34)36-42(39,40)28-19-13-24(2)14-20-28;2*1-3-2;/h3-22H,1-2H3;2*1-2H3;/q-2;2*-1;+4. The smallest absolute Gasteiger partial charge is 0.668 e. The van der Waals surface area contributed by atoms with Crippen molar-refractivity contribution >= 4 is 53.0 Å². The summed E-state index contributed by atoms with van der Waals surface area (Å²) in [5.74, 6) is 0. The van der Waals surface area contributed by atoms with E-state index in [1.807, 2.05) is 74.5 Å². The molecule has 0 aromatic heterocycles. The molecular formula is C38H38N4O4S2Zr. The zero-order chi connectivity index (χ0) is 34.9. The maximum atomic E-state index is 13.5. The van der Waals surface area contributed by atoms with E-state index in [9.17, 15) is 16.8 Å². The Bertz CT molecular complexity index is 2070. The number of sulfonamides is 2. The van der Waals surface area contributed by atoms with Gasteiger partial charge in [0.25, 0.3) is 0 Å².